The molecule has 1 rings (SSSR count). The van der Waals surface area contributed by atoms with Crippen LogP contribution >= 0.6 is 31.9 Å². The molecular formula is C7H6Br2O. The molecule has 0 aliphatic heterocycles. The third-order valence-electron chi connectivity index (χ3n) is 1.14. The molecule has 0 saturated carbocycles. The van der Waals surface area contributed by atoms with E-state index in [1.807, 2.05) is 18.2 Å². The van der Waals surface area contributed by atoms with Crippen LogP contribution < -0.4 is 4.74 Å². The first-order valence-electron chi connectivity index (χ1n) is 2.73. The predicted molar refractivity (Wildman–Crippen MR) is 48.4 cm³/mol. The summed E-state index contributed by atoms with van der Waals surface area (Å²) in [5, 5.41) is 0. The molecule has 0 N–H and O–H groups in total. The van der Waals surface area contributed by atoms with Crippen LogP contribution in [-0.2, 0) is 0 Å². The number of halogens is 2. The summed E-state index contributed by atoms with van der Waals surface area (Å²) in [5.74, 6) is 0.842. The second kappa shape index (κ2) is 3.39. The van der Waals surface area contributed by atoms with Gasteiger partial charge in [-0.1, -0.05) is 6.07 Å². The van der Waals surface area contributed by atoms with Gasteiger partial charge in [0.05, 0.1) is 11.6 Å². The summed E-state index contributed by atoms with van der Waals surface area (Å²) in [6.07, 6.45) is 0. The number of hydrogen-bond acceptors (Lipinski definition) is 1. The lowest BCUT2D eigenvalue weighted by Gasteiger charge is -2.02. The average Bonchev–Trinajstić information content (AvgIpc) is 1.95. The first-order valence-corrected chi connectivity index (χ1v) is 4.32. The van der Waals surface area contributed by atoms with Crippen molar-refractivity contribution < 1.29 is 4.74 Å². The van der Waals surface area contributed by atoms with E-state index in [1.165, 1.54) is 0 Å². The molecule has 3 heteroatoms. The first-order chi connectivity index (χ1) is 4.75. The van der Waals surface area contributed by atoms with E-state index < -0.39 is 0 Å². The van der Waals surface area contributed by atoms with Gasteiger partial charge in [0.1, 0.15) is 5.75 Å². The summed E-state index contributed by atoms with van der Waals surface area (Å²) in [4.78, 5) is 0. The van der Waals surface area contributed by atoms with Gasteiger partial charge in [-0.15, -0.1) is 0 Å². The lowest BCUT2D eigenvalue weighted by molar-refractivity contribution is 0.412. The molecule has 0 aliphatic rings. The van der Waals surface area contributed by atoms with Crippen molar-refractivity contribution >= 4 is 31.9 Å². The smallest absolute Gasteiger partial charge is 0.134 e. The van der Waals surface area contributed by atoms with E-state index in [0.29, 0.717) is 0 Å². The predicted octanol–water partition coefficient (Wildman–Crippen LogP) is 3.22. The Balaban J connectivity index is 3.14. The van der Waals surface area contributed by atoms with Gasteiger partial charge in [0.2, 0.25) is 0 Å². The fourth-order valence-corrected chi connectivity index (χ4v) is 1.42. The van der Waals surface area contributed by atoms with Crippen LogP contribution in [-0.4, -0.2) is 7.11 Å². The zero-order chi connectivity index (χ0) is 7.56. The summed E-state index contributed by atoms with van der Waals surface area (Å²) >= 11 is 6.73. The maximum atomic E-state index is 5.05. The molecule has 0 saturated heterocycles. The maximum absolute atomic E-state index is 5.05. The minimum atomic E-state index is 0.842. The normalized spacial score (nSPS) is 9.50. The Morgan fingerprint density at radius 3 is 2.50 bits per heavy atom. The number of hydrogen-bond donors (Lipinski definition) is 0. The van der Waals surface area contributed by atoms with Crippen molar-refractivity contribution in [2.45, 2.75) is 0 Å². The van der Waals surface area contributed by atoms with Crippen LogP contribution in [0.2, 0.25) is 0 Å². The Hall–Kier alpha value is -0.0200. The summed E-state index contributed by atoms with van der Waals surface area (Å²) in [7, 11) is 1.65. The fraction of sp³-hybridized carbons (Fsp3) is 0.143. The minimum absolute atomic E-state index is 0.842. The Kier molecular flexibility index (Phi) is 2.74. The van der Waals surface area contributed by atoms with Crippen molar-refractivity contribution in [2.75, 3.05) is 7.11 Å². The zero-order valence-electron chi connectivity index (χ0n) is 5.40. The van der Waals surface area contributed by atoms with Crippen molar-refractivity contribution in [3.63, 3.8) is 0 Å². The van der Waals surface area contributed by atoms with Gasteiger partial charge in [-0.2, -0.15) is 0 Å². The molecular weight excluding hydrogens is 260 g/mol. The van der Waals surface area contributed by atoms with E-state index in [1.54, 1.807) is 7.11 Å². The van der Waals surface area contributed by atoms with Crippen molar-refractivity contribution in [3.8, 4) is 5.75 Å². The van der Waals surface area contributed by atoms with Crippen LogP contribution in [0.5, 0.6) is 5.75 Å². The van der Waals surface area contributed by atoms with Gasteiger partial charge >= 0.3 is 0 Å². The maximum Gasteiger partial charge on any atom is 0.134 e. The molecule has 10 heavy (non-hydrogen) atoms. The topological polar surface area (TPSA) is 9.23 Å². The third-order valence-corrected chi connectivity index (χ3v) is 3.15. The van der Waals surface area contributed by atoms with Crippen LogP contribution in [0, 0.1) is 0 Å². The standard InChI is InChI=1S/C7H6Br2O/c1-10-6-4-2-3-5(8)7(6)9/h2-4H,1H3. The molecule has 0 heterocycles. The van der Waals surface area contributed by atoms with Gasteiger partial charge < -0.3 is 4.74 Å². The molecule has 0 fully saturated rings. The van der Waals surface area contributed by atoms with E-state index in [-0.39, 0.29) is 0 Å². The molecule has 1 nitrogen and oxygen atoms in total. The van der Waals surface area contributed by atoms with Crippen molar-refractivity contribution in [2.24, 2.45) is 0 Å². The fourth-order valence-electron chi connectivity index (χ4n) is 0.642. The van der Waals surface area contributed by atoms with E-state index in [0.717, 1.165) is 14.7 Å². The van der Waals surface area contributed by atoms with Crippen LogP contribution in [0.1, 0.15) is 0 Å². The number of rotatable bonds is 1. The molecule has 0 amide bonds. The summed E-state index contributed by atoms with van der Waals surface area (Å²) < 4.78 is 7.01. The summed E-state index contributed by atoms with van der Waals surface area (Å²) in [6, 6.07) is 5.77. The Labute approximate surface area is 76.6 Å². The van der Waals surface area contributed by atoms with Crippen LogP contribution in [0.3, 0.4) is 0 Å². The molecule has 0 aromatic heterocycles. The highest BCUT2D eigenvalue weighted by Crippen LogP contribution is 2.31. The molecule has 1 aromatic carbocycles. The first kappa shape index (κ1) is 8.08. The SMILES string of the molecule is COc1cccc(Br)c1Br. The molecule has 54 valence electrons. The van der Waals surface area contributed by atoms with Gasteiger partial charge in [0, 0.05) is 4.47 Å². The zero-order valence-corrected chi connectivity index (χ0v) is 8.57. The Morgan fingerprint density at radius 1 is 1.30 bits per heavy atom. The summed E-state index contributed by atoms with van der Waals surface area (Å²) in [5.41, 5.74) is 0. The molecule has 0 atom stereocenters. The highest BCUT2D eigenvalue weighted by atomic mass is 79.9. The molecule has 1 aromatic rings. The van der Waals surface area contributed by atoms with Crippen LogP contribution in [0.25, 0.3) is 0 Å². The number of ether oxygens (including phenoxy) is 1. The van der Waals surface area contributed by atoms with Gasteiger partial charge in [-0.3, -0.25) is 0 Å². The van der Waals surface area contributed by atoms with Crippen LogP contribution in [0.15, 0.2) is 27.1 Å². The molecule has 0 aliphatic carbocycles. The third kappa shape index (κ3) is 1.52. The quantitative estimate of drug-likeness (QED) is 0.758. The van der Waals surface area contributed by atoms with E-state index in [9.17, 15) is 0 Å². The average molecular weight is 266 g/mol. The lowest BCUT2D eigenvalue weighted by Crippen LogP contribution is -1.83. The largest absolute Gasteiger partial charge is 0.496 e. The second-order valence-electron chi connectivity index (χ2n) is 1.76. The number of methoxy groups -OCH3 is 1. The van der Waals surface area contributed by atoms with E-state index in [2.05, 4.69) is 31.9 Å². The Bertz CT molecular complexity index is 235. The lowest BCUT2D eigenvalue weighted by atomic mass is 10.3. The van der Waals surface area contributed by atoms with Crippen molar-refractivity contribution in [1.29, 1.82) is 0 Å². The van der Waals surface area contributed by atoms with E-state index in [4.69, 9.17) is 4.74 Å². The van der Waals surface area contributed by atoms with Gasteiger partial charge in [-0.25, -0.2) is 0 Å². The molecule has 0 radical (unpaired) electrons. The Morgan fingerprint density at radius 2 is 2.00 bits per heavy atom. The van der Waals surface area contributed by atoms with Crippen LogP contribution in [0.4, 0.5) is 0 Å². The molecule has 0 bridgehead atoms. The van der Waals surface area contributed by atoms with Crippen molar-refractivity contribution in [1.82, 2.24) is 0 Å². The minimum Gasteiger partial charge on any atom is -0.496 e. The highest BCUT2D eigenvalue weighted by molar-refractivity contribution is 9.13. The monoisotopic (exact) mass is 264 g/mol. The van der Waals surface area contributed by atoms with Gasteiger partial charge in [0.25, 0.3) is 0 Å². The second-order valence-corrected chi connectivity index (χ2v) is 3.40. The molecule has 0 spiro atoms. The van der Waals surface area contributed by atoms with E-state index >= 15 is 0 Å². The highest BCUT2D eigenvalue weighted by Gasteiger charge is 2.00. The molecule has 0 unspecified atom stereocenters. The van der Waals surface area contributed by atoms with Crippen molar-refractivity contribution in [3.05, 3.63) is 27.1 Å². The van der Waals surface area contributed by atoms with Gasteiger partial charge in [-0.05, 0) is 44.0 Å². The number of benzene rings is 1. The summed E-state index contributed by atoms with van der Waals surface area (Å²) in [6.45, 7) is 0. The van der Waals surface area contributed by atoms with Gasteiger partial charge in [0.15, 0.2) is 0 Å².